The number of para-hydroxylation sites is 1. The second-order valence-corrected chi connectivity index (χ2v) is 5.99. The molecule has 1 N–H and O–H groups in total. The maximum atomic E-state index is 11.8. The van der Waals surface area contributed by atoms with E-state index in [-0.39, 0.29) is 18.6 Å². The Kier molecular flexibility index (Phi) is 5.29. The van der Waals surface area contributed by atoms with Crippen LogP contribution in [0.5, 0.6) is 5.75 Å². The minimum Gasteiger partial charge on any atom is -0.491 e. The van der Waals surface area contributed by atoms with Crippen LogP contribution in [-0.4, -0.2) is 55.8 Å². The van der Waals surface area contributed by atoms with Crippen LogP contribution in [0.3, 0.4) is 0 Å². The fourth-order valence-corrected chi connectivity index (χ4v) is 2.85. The van der Waals surface area contributed by atoms with E-state index >= 15 is 0 Å². The third-order valence-corrected chi connectivity index (χ3v) is 4.12. The molecular weight excluding hydrogens is 280 g/mol. The summed E-state index contributed by atoms with van der Waals surface area (Å²) in [5, 5.41) is 3.05. The van der Waals surface area contributed by atoms with Gasteiger partial charge in [-0.15, -0.1) is 0 Å². The van der Waals surface area contributed by atoms with Crippen molar-refractivity contribution in [3.05, 3.63) is 30.3 Å². The van der Waals surface area contributed by atoms with Crippen LogP contribution in [0.15, 0.2) is 30.3 Å². The number of nitrogens with zero attached hydrogens (tertiary/aromatic N) is 1. The Morgan fingerprint density at radius 3 is 2.77 bits per heavy atom. The van der Waals surface area contributed by atoms with E-state index in [1.165, 1.54) is 12.8 Å². The lowest BCUT2D eigenvalue weighted by atomic mass is 10.2. The number of ether oxygens (including phenoxy) is 2. The highest BCUT2D eigenvalue weighted by Crippen LogP contribution is 2.29. The van der Waals surface area contributed by atoms with Gasteiger partial charge in [0.15, 0.2) is 0 Å². The second kappa shape index (κ2) is 7.61. The molecule has 2 fully saturated rings. The van der Waals surface area contributed by atoms with E-state index in [1.54, 1.807) is 0 Å². The Labute approximate surface area is 131 Å². The number of hydrogen-bond donors (Lipinski definition) is 1. The molecule has 1 aliphatic carbocycles. The van der Waals surface area contributed by atoms with Gasteiger partial charge in [0, 0.05) is 25.2 Å². The van der Waals surface area contributed by atoms with Crippen molar-refractivity contribution in [2.45, 2.75) is 31.3 Å². The Morgan fingerprint density at radius 1 is 1.18 bits per heavy atom. The summed E-state index contributed by atoms with van der Waals surface area (Å²) in [7, 11) is 0. The zero-order valence-corrected chi connectivity index (χ0v) is 12.9. The van der Waals surface area contributed by atoms with Gasteiger partial charge in [-0.05, 0) is 31.4 Å². The summed E-state index contributed by atoms with van der Waals surface area (Å²) >= 11 is 0. The first-order valence-electron chi connectivity index (χ1n) is 8.10. The van der Waals surface area contributed by atoms with Crippen molar-refractivity contribution in [2.24, 2.45) is 0 Å². The number of carbonyl (C=O) groups excluding carboxylic acids is 1. The first-order valence-corrected chi connectivity index (χ1v) is 8.10. The molecule has 120 valence electrons. The summed E-state index contributed by atoms with van der Waals surface area (Å²) in [4.78, 5) is 14.3. The number of rotatable bonds is 8. The molecule has 3 rings (SSSR count). The third kappa shape index (κ3) is 4.71. The molecule has 1 saturated heterocycles. The van der Waals surface area contributed by atoms with Crippen LogP contribution in [0.2, 0.25) is 0 Å². The minimum absolute atomic E-state index is 0.0256. The standard InChI is InChI=1S/C17H24N2O3/c20-17(18-14-8-9-19(12-14)15-6-7-15)13-21-10-11-22-16-4-2-1-3-5-16/h1-5,14-15H,6-13H2,(H,18,20)/t14-/m0/s1. The number of benzene rings is 1. The van der Waals surface area contributed by atoms with E-state index < -0.39 is 0 Å². The highest BCUT2D eigenvalue weighted by Gasteiger charge is 2.34. The molecule has 1 aromatic carbocycles. The molecule has 5 nitrogen and oxygen atoms in total. The maximum absolute atomic E-state index is 11.8. The first kappa shape index (κ1) is 15.3. The Hall–Kier alpha value is -1.59. The monoisotopic (exact) mass is 304 g/mol. The molecule has 1 atom stereocenters. The maximum Gasteiger partial charge on any atom is 0.246 e. The van der Waals surface area contributed by atoms with Gasteiger partial charge in [0.2, 0.25) is 5.91 Å². The van der Waals surface area contributed by atoms with Gasteiger partial charge in [0.1, 0.15) is 19.0 Å². The van der Waals surface area contributed by atoms with Gasteiger partial charge in [-0.25, -0.2) is 0 Å². The SMILES string of the molecule is O=C(COCCOc1ccccc1)N[C@H]1CCN(C2CC2)C1. The molecule has 1 heterocycles. The van der Waals surface area contributed by atoms with Gasteiger partial charge in [-0.1, -0.05) is 18.2 Å². The van der Waals surface area contributed by atoms with Crippen molar-refractivity contribution in [1.82, 2.24) is 10.2 Å². The second-order valence-electron chi connectivity index (χ2n) is 5.99. The highest BCUT2D eigenvalue weighted by molar-refractivity contribution is 5.77. The lowest BCUT2D eigenvalue weighted by Gasteiger charge is -2.15. The molecule has 5 heteroatoms. The normalized spacial score (nSPS) is 21.7. The highest BCUT2D eigenvalue weighted by atomic mass is 16.5. The molecular formula is C17H24N2O3. The van der Waals surface area contributed by atoms with Gasteiger partial charge in [0.05, 0.1) is 6.61 Å². The quantitative estimate of drug-likeness (QED) is 0.738. The van der Waals surface area contributed by atoms with Gasteiger partial charge >= 0.3 is 0 Å². The zero-order chi connectivity index (χ0) is 15.2. The molecule has 0 bridgehead atoms. The molecule has 1 aromatic rings. The van der Waals surface area contributed by atoms with Crippen molar-refractivity contribution >= 4 is 5.91 Å². The number of carbonyl (C=O) groups is 1. The predicted octanol–water partition coefficient (Wildman–Crippen LogP) is 1.43. The summed E-state index contributed by atoms with van der Waals surface area (Å²) in [6.07, 6.45) is 3.70. The Balaban J connectivity index is 1.24. The fraction of sp³-hybridized carbons (Fsp3) is 0.588. The van der Waals surface area contributed by atoms with E-state index in [0.717, 1.165) is 31.3 Å². The minimum atomic E-state index is -0.0256. The van der Waals surface area contributed by atoms with Crippen LogP contribution in [0.25, 0.3) is 0 Å². The topological polar surface area (TPSA) is 50.8 Å². The fourth-order valence-electron chi connectivity index (χ4n) is 2.85. The van der Waals surface area contributed by atoms with E-state index in [1.807, 2.05) is 30.3 Å². The van der Waals surface area contributed by atoms with E-state index in [9.17, 15) is 4.79 Å². The van der Waals surface area contributed by atoms with E-state index in [4.69, 9.17) is 9.47 Å². The smallest absolute Gasteiger partial charge is 0.246 e. The first-order chi connectivity index (χ1) is 10.8. The zero-order valence-electron chi connectivity index (χ0n) is 12.9. The number of hydrogen-bond acceptors (Lipinski definition) is 4. The summed E-state index contributed by atoms with van der Waals surface area (Å²) < 4.78 is 10.9. The van der Waals surface area contributed by atoms with Crippen LogP contribution in [0.1, 0.15) is 19.3 Å². The average molecular weight is 304 g/mol. The number of nitrogens with one attached hydrogen (secondary N) is 1. The largest absolute Gasteiger partial charge is 0.491 e. The Morgan fingerprint density at radius 2 is 2.00 bits per heavy atom. The summed E-state index contributed by atoms with van der Waals surface area (Å²) in [6, 6.07) is 10.7. The molecule has 1 saturated carbocycles. The molecule has 1 amide bonds. The van der Waals surface area contributed by atoms with E-state index in [0.29, 0.717) is 13.2 Å². The number of amides is 1. The summed E-state index contributed by atoms with van der Waals surface area (Å²) in [5.41, 5.74) is 0. The molecule has 0 spiro atoms. The molecule has 22 heavy (non-hydrogen) atoms. The molecule has 0 aromatic heterocycles. The van der Waals surface area contributed by atoms with Crippen LogP contribution in [-0.2, 0) is 9.53 Å². The van der Waals surface area contributed by atoms with Crippen molar-refractivity contribution in [3.63, 3.8) is 0 Å². The van der Waals surface area contributed by atoms with Crippen LogP contribution in [0.4, 0.5) is 0 Å². The van der Waals surface area contributed by atoms with Crippen molar-refractivity contribution < 1.29 is 14.3 Å². The van der Waals surface area contributed by atoms with Gasteiger partial charge in [0.25, 0.3) is 0 Å². The van der Waals surface area contributed by atoms with Gasteiger partial charge in [-0.2, -0.15) is 0 Å². The molecule has 0 radical (unpaired) electrons. The van der Waals surface area contributed by atoms with Crippen molar-refractivity contribution in [3.8, 4) is 5.75 Å². The summed E-state index contributed by atoms with van der Waals surface area (Å²) in [5.74, 6) is 0.795. The van der Waals surface area contributed by atoms with E-state index in [2.05, 4.69) is 10.2 Å². The number of likely N-dealkylation sites (tertiary alicyclic amines) is 1. The third-order valence-electron chi connectivity index (χ3n) is 4.12. The predicted molar refractivity (Wildman–Crippen MR) is 83.9 cm³/mol. The van der Waals surface area contributed by atoms with Gasteiger partial charge < -0.3 is 14.8 Å². The Bertz CT molecular complexity index is 476. The van der Waals surface area contributed by atoms with Crippen LogP contribution >= 0.6 is 0 Å². The summed E-state index contributed by atoms with van der Waals surface area (Å²) in [6.45, 7) is 3.09. The molecule has 1 aliphatic heterocycles. The van der Waals surface area contributed by atoms with Crippen molar-refractivity contribution in [2.75, 3.05) is 32.9 Å². The lowest BCUT2D eigenvalue weighted by Crippen LogP contribution is -2.39. The van der Waals surface area contributed by atoms with Crippen LogP contribution < -0.4 is 10.1 Å². The average Bonchev–Trinajstić information content (AvgIpc) is 3.28. The lowest BCUT2D eigenvalue weighted by molar-refractivity contribution is -0.126. The molecule has 0 unspecified atom stereocenters. The van der Waals surface area contributed by atoms with Gasteiger partial charge in [-0.3, -0.25) is 9.69 Å². The van der Waals surface area contributed by atoms with Crippen LogP contribution in [0, 0.1) is 0 Å². The van der Waals surface area contributed by atoms with Crippen molar-refractivity contribution in [1.29, 1.82) is 0 Å². The molecule has 2 aliphatic rings.